The molecule has 1 aliphatic rings. The number of fused-ring (bicyclic) bond motifs is 1. The number of alkyl halides is 3. The highest BCUT2D eigenvalue weighted by Gasteiger charge is 2.51. The summed E-state index contributed by atoms with van der Waals surface area (Å²) in [5.41, 5.74) is 5.56. The number of nitrogens with two attached hydrogens (primary N) is 1. The molecule has 92 valence electrons. The summed E-state index contributed by atoms with van der Waals surface area (Å²) in [4.78, 5) is 11.1. The number of para-hydroxylation sites is 1. The fraction of sp³-hybridized carbons (Fsp3) is 0.364. The standard InChI is InChI=1S/C11H10F3NO2/c12-11(13,14)9-7(10(15)16)5-6-3-1-2-4-8(6)17-9/h1-4,7,9H,5H2,(H2,15,16). The summed E-state index contributed by atoms with van der Waals surface area (Å²) >= 11 is 0. The topological polar surface area (TPSA) is 52.3 Å². The molecule has 1 aliphatic heterocycles. The van der Waals surface area contributed by atoms with Gasteiger partial charge in [0.15, 0.2) is 0 Å². The van der Waals surface area contributed by atoms with Crippen molar-refractivity contribution in [3.05, 3.63) is 29.8 Å². The van der Waals surface area contributed by atoms with E-state index in [1.807, 2.05) is 0 Å². The Morgan fingerprint density at radius 1 is 1.35 bits per heavy atom. The Kier molecular flexibility index (Phi) is 2.73. The van der Waals surface area contributed by atoms with Gasteiger partial charge >= 0.3 is 6.18 Å². The van der Waals surface area contributed by atoms with E-state index in [1.54, 1.807) is 18.2 Å². The van der Waals surface area contributed by atoms with E-state index in [1.165, 1.54) is 6.07 Å². The van der Waals surface area contributed by atoms with Gasteiger partial charge in [0.25, 0.3) is 0 Å². The van der Waals surface area contributed by atoms with Crippen molar-refractivity contribution in [1.82, 2.24) is 0 Å². The number of carbonyl (C=O) groups is 1. The Morgan fingerprint density at radius 2 is 2.00 bits per heavy atom. The molecule has 0 saturated carbocycles. The average molecular weight is 245 g/mol. The Morgan fingerprint density at radius 3 is 2.59 bits per heavy atom. The molecule has 1 aromatic carbocycles. The van der Waals surface area contributed by atoms with Gasteiger partial charge in [0.1, 0.15) is 5.75 Å². The predicted octanol–water partition coefficient (Wildman–Crippen LogP) is 1.65. The van der Waals surface area contributed by atoms with Gasteiger partial charge in [-0.2, -0.15) is 13.2 Å². The summed E-state index contributed by atoms with van der Waals surface area (Å²) in [7, 11) is 0. The van der Waals surface area contributed by atoms with Crippen molar-refractivity contribution in [1.29, 1.82) is 0 Å². The maximum Gasteiger partial charge on any atom is 0.426 e. The number of ether oxygens (including phenoxy) is 1. The van der Waals surface area contributed by atoms with Gasteiger partial charge in [0, 0.05) is 0 Å². The van der Waals surface area contributed by atoms with Gasteiger partial charge in [-0.05, 0) is 18.1 Å². The number of halogens is 3. The monoisotopic (exact) mass is 245 g/mol. The molecule has 0 bridgehead atoms. The van der Waals surface area contributed by atoms with Gasteiger partial charge in [-0.15, -0.1) is 0 Å². The Balaban J connectivity index is 2.38. The van der Waals surface area contributed by atoms with Crippen LogP contribution in [0.25, 0.3) is 0 Å². The van der Waals surface area contributed by atoms with Gasteiger partial charge < -0.3 is 10.5 Å². The van der Waals surface area contributed by atoms with Crippen LogP contribution < -0.4 is 10.5 Å². The van der Waals surface area contributed by atoms with Crippen molar-refractivity contribution < 1.29 is 22.7 Å². The molecule has 0 spiro atoms. The molecule has 2 unspecified atom stereocenters. The molecule has 3 nitrogen and oxygen atoms in total. The highest BCUT2D eigenvalue weighted by Crippen LogP contribution is 2.37. The quantitative estimate of drug-likeness (QED) is 0.818. The predicted molar refractivity (Wildman–Crippen MR) is 53.3 cm³/mol. The van der Waals surface area contributed by atoms with E-state index < -0.39 is 24.1 Å². The molecule has 1 heterocycles. The zero-order chi connectivity index (χ0) is 12.6. The van der Waals surface area contributed by atoms with E-state index in [-0.39, 0.29) is 12.2 Å². The first kappa shape index (κ1) is 11.8. The molecule has 0 aliphatic carbocycles. The maximum atomic E-state index is 12.7. The van der Waals surface area contributed by atoms with Crippen LogP contribution in [0, 0.1) is 5.92 Å². The van der Waals surface area contributed by atoms with E-state index in [0.717, 1.165) is 0 Å². The minimum absolute atomic E-state index is 0.0459. The van der Waals surface area contributed by atoms with Gasteiger partial charge in [0.2, 0.25) is 12.0 Å². The van der Waals surface area contributed by atoms with Crippen LogP contribution in [0.5, 0.6) is 5.75 Å². The summed E-state index contributed by atoms with van der Waals surface area (Å²) in [5, 5.41) is 0. The van der Waals surface area contributed by atoms with E-state index in [4.69, 9.17) is 10.5 Å². The third-order valence-corrected chi connectivity index (χ3v) is 2.72. The highest BCUT2D eigenvalue weighted by molar-refractivity contribution is 5.78. The zero-order valence-corrected chi connectivity index (χ0v) is 8.70. The zero-order valence-electron chi connectivity index (χ0n) is 8.70. The lowest BCUT2D eigenvalue weighted by molar-refractivity contribution is -0.213. The smallest absolute Gasteiger partial charge is 0.426 e. The molecule has 0 saturated heterocycles. The minimum Gasteiger partial charge on any atom is -0.480 e. The third-order valence-electron chi connectivity index (χ3n) is 2.72. The van der Waals surface area contributed by atoms with Crippen LogP contribution in [0.3, 0.4) is 0 Å². The first-order chi connectivity index (χ1) is 7.89. The van der Waals surface area contributed by atoms with Crippen LogP contribution in [-0.2, 0) is 11.2 Å². The molecular formula is C11H10F3NO2. The lowest BCUT2D eigenvalue weighted by atomic mass is 9.89. The Bertz CT molecular complexity index is 445. The van der Waals surface area contributed by atoms with Crippen molar-refractivity contribution in [3.63, 3.8) is 0 Å². The second kappa shape index (κ2) is 3.94. The van der Waals surface area contributed by atoms with Gasteiger partial charge in [0.05, 0.1) is 5.92 Å². The fourth-order valence-corrected chi connectivity index (χ4v) is 1.90. The first-order valence-corrected chi connectivity index (χ1v) is 5.00. The normalized spacial score (nSPS) is 23.7. The number of primary amides is 1. The van der Waals surface area contributed by atoms with Crippen LogP contribution in [-0.4, -0.2) is 18.2 Å². The number of carbonyl (C=O) groups excluding carboxylic acids is 1. The van der Waals surface area contributed by atoms with Crippen LogP contribution >= 0.6 is 0 Å². The van der Waals surface area contributed by atoms with Gasteiger partial charge in [-0.3, -0.25) is 4.79 Å². The molecule has 0 radical (unpaired) electrons. The van der Waals surface area contributed by atoms with Crippen LogP contribution in [0.2, 0.25) is 0 Å². The Labute approximate surface area is 95.4 Å². The number of hydrogen-bond donors (Lipinski definition) is 1. The maximum absolute atomic E-state index is 12.7. The second-order valence-corrected chi connectivity index (χ2v) is 3.90. The minimum atomic E-state index is -4.60. The Hall–Kier alpha value is -1.72. The van der Waals surface area contributed by atoms with Crippen molar-refractivity contribution in [2.45, 2.75) is 18.7 Å². The summed E-state index contributed by atoms with van der Waals surface area (Å²) in [6.45, 7) is 0. The molecule has 1 amide bonds. The SMILES string of the molecule is NC(=O)C1Cc2ccccc2OC1C(F)(F)F. The van der Waals surface area contributed by atoms with Crippen molar-refractivity contribution in [3.8, 4) is 5.75 Å². The number of hydrogen-bond acceptors (Lipinski definition) is 2. The molecule has 6 heteroatoms. The van der Waals surface area contributed by atoms with Crippen molar-refractivity contribution in [2.24, 2.45) is 11.7 Å². The summed E-state index contributed by atoms with van der Waals surface area (Å²) in [5.74, 6) is -2.21. The molecule has 17 heavy (non-hydrogen) atoms. The molecule has 2 atom stereocenters. The highest BCUT2D eigenvalue weighted by atomic mass is 19.4. The van der Waals surface area contributed by atoms with E-state index in [9.17, 15) is 18.0 Å². The molecule has 2 N–H and O–H groups in total. The van der Waals surface area contributed by atoms with Gasteiger partial charge in [-0.1, -0.05) is 18.2 Å². The number of rotatable bonds is 1. The summed E-state index contributed by atoms with van der Waals surface area (Å²) in [6.07, 6.45) is -6.81. The lowest BCUT2D eigenvalue weighted by Gasteiger charge is -2.32. The van der Waals surface area contributed by atoms with E-state index >= 15 is 0 Å². The van der Waals surface area contributed by atoms with Gasteiger partial charge in [-0.25, -0.2) is 0 Å². The van der Waals surface area contributed by atoms with Crippen molar-refractivity contribution >= 4 is 5.91 Å². The molecular weight excluding hydrogens is 235 g/mol. The van der Waals surface area contributed by atoms with Crippen LogP contribution in [0.4, 0.5) is 13.2 Å². The van der Waals surface area contributed by atoms with E-state index in [2.05, 4.69) is 0 Å². The fourth-order valence-electron chi connectivity index (χ4n) is 1.90. The largest absolute Gasteiger partial charge is 0.480 e. The van der Waals surface area contributed by atoms with E-state index in [0.29, 0.717) is 5.56 Å². The van der Waals surface area contributed by atoms with Crippen LogP contribution in [0.1, 0.15) is 5.56 Å². The lowest BCUT2D eigenvalue weighted by Crippen LogP contribution is -2.49. The molecule has 0 fully saturated rings. The molecule has 2 rings (SSSR count). The summed E-state index contributed by atoms with van der Waals surface area (Å²) in [6, 6.07) is 6.33. The average Bonchev–Trinajstić information content (AvgIpc) is 2.26. The molecule has 0 aromatic heterocycles. The second-order valence-electron chi connectivity index (χ2n) is 3.90. The molecule has 1 aromatic rings. The number of benzene rings is 1. The van der Waals surface area contributed by atoms with Crippen molar-refractivity contribution in [2.75, 3.05) is 0 Å². The van der Waals surface area contributed by atoms with Crippen LogP contribution in [0.15, 0.2) is 24.3 Å². The first-order valence-electron chi connectivity index (χ1n) is 5.00. The summed E-state index contributed by atoms with van der Waals surface area (Å²) < 4.78 is 43.0. The number of amides is 1. The third kappa shape index (κ3) is 2.20.